The van der Waals surface area contributed by atoms with E-state index in [0.29, 0.717) is 18.7 Å². The third-order valence-electron chi connectivity index (χ3n) is 2.41. The highest BCUT2D eigenvalue weighted by molar-refractivity contribution is 5.85. The minimum atomic E-state index is -0.535. The van der Waals surface area contributed by atoms with Gasteiger partial charge in [-0.25, -0.2) is 10.7 Å². The van der Waals surface area contributed by atoms with Gasteiger partial charge in [-0.3, -0.25) is 5.32 Å². The van der Waals surface area contributed by atoms with Gasteiger partial charge in [-0.1, -0.05) is 0 Å². The largest absolute Gasteiger partial charge is 0.496 e. The van der Waals surface area contributed by atoms with E-state index in [2.05, 4.69) is 10.2 Å². The van der Waals surface area contributed by atoms with Crippen molar-refractivity contribution in [1.29, 1.82) is 0 Å². The van der Waals surface area contributed by atoms with Gasteiger partial charge in [0, 0.05) is 12.1 Å². The molecule has 0 spiro atoms. The molecule has 1 aromatic rings. The van der Waals surface area contributed by atoms with Crippen molar-refractivity contribution in [2.24, 2.45) is 5.90 Å². The van der Waals surface area contributed by atoms with Gasteiger partial charge in [-0.05, 0) is 44.5 Å². The van der Waals surface area contributed by atoms with Gasteiger partial charge in [0.15, 0.2) is 0 Å². The summed E-state index contributed by atoms with van der Waals surface area (Å²) in [6.45, 7) is 5.80. The zero-order valence-corrected chi connectivity index (χ0v) is 12.4. The molecule has 0 saturated heterocycles. The fraction of sp³-hybridized carbons (Fsp3) is 0.500. The van der Waals surface area contributed by atoms with Crippen molar-refractivity contribution in [3.63, 3.8) is 0 Å². The van der Waals surface area contributed by atoms with Gasteiger partial charge in [-0.15, -0.1) is 0 Å². The molecule has 0 bridgehead atoms. The van der Waals surface area contributed by atoms with Gasteiger partial charge in [0.05, 0.1) is 13.7 Å². The Bertz CT molecular complexity index is 455. The molecule has 0 radical (unpaired) electrons. The standard InChI is InChI=1S/C14H22N2O4/c1-14(2,3)20-13(17)16-11-5-6-12(18-4)10(9-11)7-8-19-15/h5-6,9H,7-8,15H2,1-4H3,(H,16,17). The maximum Gasteiger partial charge on any atom is 0.412 e. The van der Waals surface area contributed by atoms with Crippen LogP contribution < -0.4 is 16.0 Å². The Balaban J connectivity index is 2.78. The minimum Gasteiger partial charge on any atom is -0.496 e. The van der Waals surface area contributed by atoms with Gasteiger partial charge in [-0.2, -0.15) is 0 Å². The van der Waals surface area contributed by atoms with Crippen LogP contribution in [0.25, 0.3) is 0 Å². The number of methoxy groups -OCH3 is 1. The van der Waals surface area contributed by atoms with Crippen LogP contribution in [0.5, 0.6) is 5.75 Å². The van der Waals surface area contributed by atoms with Crippen LogP contribution in [0.4, 0.5) is 10.5 Å². The number of ether oxygens (including phenoxy) is 2. The normalized spacial score (nSPS) is 11.1. The molecule has 0 aliphatic carbocycles. The highest BCUT2D eigenvalue weighted by Crippen LogP contribution is 2.23. The summed E-state index contributed by atoms with van der Waals surface area (Å²) < 4.78 is 10.4. The number of benzene rings is 1. The molecular weight excluding hydrogens is 260 g/mol. The van der Waals surface area contributed by atoms with Gasteiger partial charge >= 0.3 is 6.09 Å². The molecule has 0 heterocycles. The summed E-state index contributed by atoms with van der Waals surface area (Å²) >= 11 is 0. The second kappa shape index (κ2) is 7.12. The molecule has 1 rings (SSSR count). The maximum atomic E-state index is 11.7. The van der Waals surface area contributed by atoms with E-state index in [9.17, 15) is 4.79 Å². The van der Waals surface area contributed by atoms with Crippen molar-refractivity contribution in [3.8, 4) is 5.75 Å². The van der Waals surface area contributed by atoms with E-state index in [-0.39, 0.29) is 0 Å². The maximum absolute atomic E-state index is 11.7. The SMILES string of the molecule is COc1ccc(NC(=O)OC(C)(C)C)cc1CCON. The summed E-state index contributed by atoms with van der Waals surface area (Å²) in [6.07, 6.45) is 0.0902. The summed E-state index contributed by atoms with van der Waals surface area (Å²) in [5.74, 6) is 5.74. The first-order valence-corrected chi connectivity index (χ1v) is 6.34. The van der Waals surface area contributed by atoms with E-state index >= 15 is 0 Å². The molecule has 0 saturated carbocycles. The number of nitrogens with two attached hydrogens (primary N) is 1. The quantitative estimate of drug-likeness (QED) is 0.811. The summed E-state index contributed by atoms with van der Waals surface area (Å²) in [5, 5.41) is 2.68. The summed E-state index contributed by atoms with van der Waals surface area (Å²) in [5.41, 5.74) is 0.992. The average molecular weight is 282 g/mol. The van der Waals surface area contributed by atoms with Crippen molar-refractivity contribution in [2.45, 2.75) is 32.8 Å². The molecular formula is C14H22N2O4. The summed E-state index contributed by atoms with van der Waals surface area (Å²) in [4.78, 5) is 16.3. The molecule has 0 aromatic heterocycles. The second-order valence-corrected chi connectivity index (χ2v) is 5.27. The smallest absolute Gasteiger partial charge is 0.412 e. The fourth-order valence-corrected chi connectivity index (χ4v) is 1.64. The molecule has 1 amide bonds. The Morgan fingerprint density at radius 3 is 2.60 bits per heavy atom. The summed E-state index contributed by atoms with van der Waals surface area (Å²) in [7, 11) is 1.59. The van der Waals surface area contributed by atoms with Crippen LogP contribution in [0.3, 0.4) is 0 Å². The molecule has 0 atom stereocenters. The average Bonchev–Trinajstić information content (AvgIpc) is 2.34. The Kier molecular flexibility index (Phi) is 5.79. The first kappa shape index (κ1) is 16.3. The molecule has 6 heteroatoms. The van der Waals surface area contributed by atoms with Gasteiger partial charge in [0.25, 0.3) is 0 Å². The third kappa shape index (κ3) is 5.46. The van der Waals surface area contributed by atoms with Crippen LogP contribution in [-0.2, 0) is 16.0 Å². The van der Waals surface area contributed by atoms with Crippen LogP contribution in [0.15, 0.2) is 18.2 Å². The molecule has 6 nitrogen and oxygen atoms in total. The number of carbonyl (C=O) groups excluding carboxylic acids is 1. The highest BCUT2D eigenvalue weighted by atomic mass is 16.6. The van der Waals surface area contributed by atoms with E-state index in [4.69, 9.17) is 15.4 Å². The Labute approximate surface area is 119 Å². The van der Waals surface area contributed by atoms with E-state index in [0.717, 1.165) is 11.3 Å². The third-order valence-corrected chi connectivity index (χ3v) is 2.41. The molecule has 1 aromatic carbocycles. The molecule has 0 aliphatic rings. The van der Waals surface area contributed by atoms with E-state index in [1.165, 1.54) is 0 Å². The Morgan fingerprint density at radius 2 is 2.05 bits per heavy atom. The van der Waals surface area contributed by atoms with Crippen molar-refractivity contribution in [3.05, 3.63) is 23.8 Å². The van der Waals surface area contributed by atoms with Crippen molar-refractivity contribution in [2.75, 3.05) is 19.0 Å². The van der Waals surface area contributed by atoms with E-state index in [1.54, 1.807) is 19.2 Å². The van der Waals surface area contributed by atoms with Crippen LogP contribution in [0.2, 0.25) is 0 Å². The second-order valence-electron chi connectivity index (χ2n) is 5.27. The fourth-order valence-electron chi connectivity index (χ4n) is 1.64. The van der Waals surface area contributed by atoms with Crippen molar-refractivity contribution in [1.82, 2.24) is 0 Å². The molecule has 3 N–H and O–H groups in total. The number of hydrogen-bond acceptors (Lipinski definition) is 5. The predicted octanol–water partition coefficient (Wildman–Crippen LogP) is 2.47. The van der Waals surface area contributed by atoms with Crippen molar-refractivity contribution >= 4 is 11.8 Å². The number of hydrogen-bond donors (Lipinski definition) is 2. The lowest BCUT2D eigenvalue weighted by atomic mass is 10.1. The molecule has 0 fully saturated rings. The van der Waals surface area contributed by atoms with Crippen LogP contribution in [0.1, 0.15) is 26.3 Å². The number of carbonyl (C=O) groups is 1. The van der Waals surface area contributed by atoms with E-state index in [1.807, 2.05) is 26.8 Å². The Hall–Kier alpha value is -1.79. The first-order valence-electron chi connectivity index (χ1n) is 6.34. The summed E-state index contributed by atoms with van der Waals surface area (Å²) in [6, 6.07) is 5.33. The topological polar surface area (TPSA) is 82.8 Å². The van der Waals surface area contributed by atoms with Crippen molar-refractivity contribution < 1.29 is 19.1 Å². The Morgan fingerprint density at radius 1 is 1.35 bits per heavy atom. The van der Waals surface area contributed by atoms with Crippen LogP contribution >= 0.6 is 0 Å². The zero-order chi connectivity index (χ0) is 15.2. The number of amides is 1. The number of nitrogens with one attached hydrogen (secondary N) is 1. The van der Waals surface area contributed by atoms with Crippen LogP contribution in [-0.4, -0.2) is 25.4 Å². The lowest BCUT2D eigenvalue weighted by Crippen LogP contribution is -2.27. The molecule has 0 aliphatic heterocycles. The van der Waals surface area contributed by atoms with E-state index < -0.39 is 11.7 Å². The van der Waals surface area contributed by atoms with Gasteiger partial charge in [0.1, 0.15) is 11.4 Å². The molecule has 0 unspecified atom stereocenters. The van der Waals surface area contributed by atoms with Gasteiger partial charge in [0.2, 0.25) is 0 Å². The van der Waals surface area contributed by atoms with Crippen LogP contribution in [0, 0.1) is 0 Å². The molecule has 112 valence electrons. The predicted molar refractivity (Wildman–Crippen MR) is 76.7 cm³/mol. The monoisotopic (exact) mass is 282 g/mol. The lowest BCUT2D eigenvalue weighted by molar-refractivity contribution is 0.0636. The number of anilines is 1. The lowest BCUT2D eigenvalue weighted by Gasteiger charge is -2.20. The highest BCUT2D eigenvalue weighted by Gasteiger charge is 2.16. The first-order chi connectivity index (χ1) is 9.35. The molecule has 20 heavy (non-hydrogen) atoms. The van der Waals surface area contributed by atoms with Gasteiger partial charge < -0.3 is 14.3 Å². The zero-order valence-electron chi connectivity index (χ0n) is 12.4. The number of rotatable bonds is 5. The minimum absolute atomic E-state index is 0.367.